The number of nitriles is 1. The van der Waals surface area contributed by atoms with Gasteiger partial charge in [-0.2, -0.15) is 5.26 Å². The number of hydrogen-bond donors (Lipinski definition) is 0. The molecule has 12 heavy (non-hydrogen) atoms. The predicted molar refractivity (Wildman–Crippen MR) is 47.5 cm³/mol. The molecule has 0 aliphatic carbocycles. The van der Waals surface area contributed by atoms with E-state index in [1.165, 1.54) is 12.1 Å². The van der Waals surface area contributed by atoms with Crippen molar-refractivity contribution < 1.29 is 4.39 Å². The summed E-state index contributed by atoms with van der Waals surface area (Å²) >= 11 is 1.56. The van der Waals surface area contributed by atoms with Crippen molar-refractivity contribution in [3.8, 4) is 6.07 Å². The molecule has 0 aromatic heterocycles. The van der Waals surface area contributed by atoms with Gasteiger partial charge in [0, 0.05) is 4.90 Å². The van der Waals surface area contributed by atoms with E-state index in [0.717, 1.165) is 10.6 Å². The van der Waals surface area contributed by atoms with Crippen LogP contribution in [0.15, 0.2) is 23.1 Å². The number of benzene rings is 1. The van der Waals surface area contributed by atoms with Gasteiger partial charge in [-0.25, -0.2) is 4.39 Å². The predicted octanol–water partition coefficient (Wildman–Crippen LogP) is 2.81. The summed E-state index contributed by atoms with van der Waals surface area (Å²) in [5.74, 6) is 0.474. The summed E-state index contributed by atoms with van der Waals surface area (Å²) in [4.78, 5) is 0.869. The molecule has 0 radical (unpaired) electrons. The number of nitrogens with zero attached hydrogens (tertiary/aromatic N) is 1. The summed E-state index contributed by atoms with van der Waals surface area (Å²) in [6.07, 6.45) is 0. The molecule has 3 heteroatoms. The van der Waals surface area contributed by atoms with E-state index in [1.807, 2.05) is 6.92 Å². The van der Waals surface area contributed by atoms with Gasteiger partial charge in [0.05, 0.1) is 5.56 Å². The molecule has 1 aromatic carbocycles. The van der Waals surface area contributed by atoms with Crippen molar-refractivity contribution in [1.29, 1.82) is 5.26 Å². The Morgan fingerprint density at radius 3 is 2.83 bits per heavy atom. The highest BCUT2D eigenvalue weighted by Gasteiger charge is 2.01. The second-order valence-corrected chi connectivity index (χ2v) is 3.52. The first-order valence-corrected chi connectivity index (χ1v) is 4.59. The van der Waals surface area contributed by atoms with E-state index in [-0.39, 0.29) is 5.56 Å². The van der Waals surface area contributed by atoms with Crippen LogP contribution in [0.25, 0.3) is 0 Å². The molecule has 1 aromatic rings. The molecule has 0 atom stereocenters. The van der Waals surface area contributed by atoms with Crippen LogP contribution in [-0.4, -0.2) is 5.75 Å². The van der Waals surface area contributed by atoms with Crippen LogP contribution in [0.2, 0.25) is 0 Å². The Kier molecular flexibility index (Phi) is 3.12. The number of halogens is 1. The van der Waals surface area contributed by atoms with Crippen LogP contribution in [0.4, 0.5) is 4.39 Å². The van der Waals surface area contributed by atoms with Gasteiger partial charge in [0.1, 0.15) is 11.9 Å². The SMILES string of the molecule is CCSc1ccc(C#N)c(F)c1. The van der Waals surface area contributed by atoms with E-state index in [2.05, 4.69) is 0 Å². The maximum absolute atomic E-state index is 12.9. The average molecular weight is 181 g/mol. The van der Waals surface area contributed by atoms with Crippen LogP contribution in [0.5, 0.6) is 0 Å². The first-order valence-electron chi connectivity index (χ1n) is 3.60. The summed E-state index contributed by atoms with van der Waals surface area (Å²) in [7, 11) is 0. The van der Waals surface area contributed by atoms with E-state index >= 15 is 0 Å². The first-order chi connectivity index (χ1) is 5.77. The standard InChI is InChI=1S/C9H8FNS/c1-2-12-8-4-3-7(6-11)9(10)5-8/h3-5H,2H2,1H3. The minimum atomic E-state index is -0.434. The van der Waals surface area contributed by atoms with Crippen molar-refractivity contribution in [3.63, 3.8) is 0 Å². The molecule has 0 N–H and O–H groups in total. The van der Waals surface area contributed by atoms with Crippen molar-refractivity contribution >= 4 is 11.8 Å². The van der Waals surface area contributed by atoms with Gasteiger partial charge in [-0.3, -0.25) is 0 Å². The van der Waals surface area contributed by atoms with Crippen molar-refractivity contribution in [2.75, 3.05) is 5.75 Å². The molecule has 1 rings (SSSR count). The molecule has 0 aliphatic heterocycles. The van der Waals surface area contributed by atoms with Gasteiger partial charge >= 0.3 is 0 Å². The Balaban J connectivity index is 2.96. The zero-order valence-electron chi connectivity index (χ0n) is 6.67. The fourth-order valence-corrected chi connectivity index (χ4v) is 1.53. The molecule has 0 aliphatic rings. The summed E-state index contributed by atoms with van der Waals surface area (Å²) in [6, 6.07) is 6.44. The molecule has 62 valence electrons. The summed E-state index contributed by atoms with van der Waals surface area (Å²) in [5.41, 5.74) is 0.107. The maximum Gasteiger partial charge on any atom is 0.142 e. The molecular weight excluding hydrogens is 173 g/mol. The highest BCUT2D eigenvalue weighted by molar-refractivity contribution is 7.99. The van der Waals surface area contributed by atoms with Crippen molar-refractivity contribution in [3.05, 3.63) is 29.6 Å². The largest absolute Gasteiger partial charge is 0.206 e. The van der Waals surface area contributed by atoms with Crippen LogP contribution in [0.3, 0.4) is 0 Å². The van der Waals surface area contributed by atoms with E-state index in [0.29, 0.717) is 0 Å². The Morgan fingerprint density at radius 2 is 2.33 bits per heavy atom. The lowest BCUT2D eigenvalue weighted by Crippen LogP contribution is -1.83. The molecule has 0 saturated heterocycles. The Bertz CT molecular complexity index is 317. The third-order valence-corrected chi connectivity index (χ3v) is 2.25. The van der Waals surface area contributed by atoms with E-state index in [4.69, 9.17) is 5.26 Å². The first kappa shape index (κ1) is 9.08. The molecule has 0 saturated carbocycles. The molecule has 0 spiro atoms. The number of hydrogen-bond acceptors (Lipinski definition) is 2. The lowest BCUT2D eigenvalue weighted by molar-refractivity contribution is 0.620. The molecule has 0 fully saturated rings. The molecular formula is C9H8FNS. The molecule has 0 bridgehead atoms. The summed E-state index contributed by atoms with van der Waals surface area (Å²) in [6.45, 7) is 2.00. The van der Waals surface area contributed by atoms with Crippen LogP contribution in [-0.2, 0) is 0 Å². The van der Waals surface area contributed by atoms with Gasteiger partial charge in [-0.15, -0.1) is 11.8 Å². The summed E-state index contributed by atoms with van der Waals surface area (Å²) in [5, 5.41) is 8.44. The third kappa shape index (κ3) is 1.99. The second kappa shape index (κ2) is 4.13. The summed E-state index contributed by atoms with van der Waals surface area (Å²) < 4.78 is 12.9. The van der Waals surface area contributed by atoms with Gasteiger partial charge in [0.25, 0.3) is 0 Å². The fraction of sp³-hybridized carbons (Fsp3) is 0.222. The monoisotopic (exact) mass is 181 g/mol. The smallest absolute Gasteiger partial charge is 0.142 e. The van der Waals surface area contributed by atoms with Gasteiger partial charge in [0.2, 0.25) is 0 Å². The van der Waals surface area contributed by atoms with Gasteiger partial charge in [0.15, 0.2) is 0 Å². The van der Waals surface area contributed by atoms with Crippen molar-refractivity contribution in [2.24, 2.45) is 0 Å². The van der Waals surface area contributed by atoms with Crippen LogP contribution in [0, 0.1) is 17.1 Å². The average Bonchev–Trinajstić information content (AvgIpc) is 2.05. The normalized spacial score (nSPS) is 9.42. The van der Waals surface area contributed by atoms with Crippen molar-refractivity contribution in [1.82, 2.24) is 0 Å². The van der Waals surface area contributed by atoms with Crippen LogP contribution < -0.4 is 0 Å². The van der Waals surface area contributed by atoms with E-state index in [9.17, 15) is 4.39 Å². The lowest BCUT2D eigenvalue weighted by atomic mass is 10.2. The maximum atomic E-state index is 12.9. The van der Waals surface area contributed by atoms with Crippen molar-refractivity contribution in [2.45, 2.75) is 11.8 Å². The van der Waals surface area contributed by atoms with E-state index < -0.39 is 5.82 Å². The zero-order valence-corrected chi connectivity index (χ0v) is 7.49. The zero-order chi connectivity index (χ0) is 8.97. The van der Waals surface area contributed by atoms with E-state index in [1.54, 1.807) is 23.9 Å². The van der Waals surface area contributed by atoms with Gasteiger partial charge in [-0.1, -0.05) is 6.92 Å². The third-order valence-electron chi connectivity index (χ3n) is 1.37. The minimum absolute atomic E-state index is 0.107. The molecule has 0 amide bonds. The quantitative estimate of drug-likeness (QED) is 0.655. The second-order valence-electron chi connectivity index (χ2n) is 2.19. The molecule has 0 unspecified atom stereocenters. The number of rotatable bonds is 2. The molecule has 1 nitrogen and oxygen atoms in total. The number of thioether (sulfide) groups is 1. The highest BCUT2D eigenvalue weighted by Crippen LogP contribution is 2.19. The van der Waals surface area contributed by atoms with Crippen LogP contribution in [0.1, 0.15) is 12.5 Å². The van der Waals surface area contributed by atoms with Gasteiger partial charge in [-0.05, 0) is 24.0 Å². The molecule has 0 heterocycles. The van der Waals surface area contributed by atoms with Crippen LogP contribution >= 0.6 is 11.8 Å². The topological polar surface area (TPSA) is 23.8 Å². The Morgan fingerprint density at radius 1 is 1.58 bits per heavy atom. The Labute approximate surface area is 75.2 Å². The van der Waals surface area contributed by atoms with Gasteiger partial charge < -0.3 is 0 Å². The fourth-order valence-electron chi connectivity index (χ4n) is 0.843. The highest BCUT2D eigenvalue weighted by atomic mass is 32.2. The Hall–Kier alpha value is -1.01. The minimum Gasteiger partial charge on any atom is -0.206 e. The lowest BCUT2D eigenvalue weighted by Gasteiger charge is -1.98.